The highest BCUT2D eigenvalue weighted by Gasteiger charge is 2.21. The molecule has 0 saturated carbocycles. The number of rotatable bonds is 2. The first kappa shape index (κ1) is 14.8. The highest BCUT2D eigenvalue weighted by atomic mass is 35.5. The fraction of sp³-hybridized carbons (Fsp3) is 0. The lowest BCUT2D eigenvalue weighted by atomic mass is 10.1. The minimum Gasteiger partial charge on any atom is -0.388 e. The predicted octanol–water partition coefficient (Wildman–Crippen LogP) is 2.35. The third-order valence-corrected chi connectivity index (χ3v) is 4.68. The van der Waals surface area contributed by atoms with E-state index in [2.05, 4.69) is 4.99 Å². The summed E-state index contributed by atoms with van der Waals surface area (Å²) in [5.74, 6) is 6.32. The summed E-state index contributed by atoms with van der Waals surface area (Å²) in [5, 5.41) is 1.91. The molecule has 1 aliphatic heterocycles. The summed E-state index contributed by atoms with van der Waals surface area (Å²) < 4.78 is 12.6. The molecule has 112 valence electrons. The van der Waals surface area contributed by atoms with Crippen molar-refractivity contribution >= 4 is 34.3 Å². The Kier molecular flexibility index (Phi) is 3.98. The molecule has 0 radical (unpaired) electrons. The standard InChI is InChI=1S/C15H13ClN4OS/c16-11-5-3-6-12(8-11)22(21)14(17)15-19-9-10-4-1-2-7-13(10)20(15)18/h1-9H,17-18H2/b15-14+. The Morgan fingerprint density at radius 1 is 1.18 bits per heavy atom. The summed E-state index contributed by atoms with van der Waals surface area (Å²) >= 11 is 5.92. The minimum atomic E-state index is -1.60. The van der Waals surface area contributed by atoms with Gasteiger partial charge in [-0.3, -0.25) is 5.01 Å². The van der Waals surface area contributed by atoms with Crippen molar-refractivity contribution in [2.45, 2.75) is 4.90 Å². The number of fused-ring (bicyclic) bond motifs is 1. The molecular weight excluding hydrogens is 320 g/mol. The van der Waals surface area contributed by atoms with Gasteiger partial charge in [0, 0.05) is 21.7 Å². The minimum absolute atomic E-state index is 0.0792. The van der Waals surface area contributed by atoms with Crippen molar-refractivity contribution in [3.05, 3.63) is 70.0 Å². The summed E-state index contributed by atoms with van der Waals surface area (Å²) in [7, 11) is -1.60. The zero-order valence-electron chi connectivity index (χ0n) is 11.4. The van der Waals surface area contributed by atoms with E-state index in [4.69, 9.17) is 23.2 Å². The second-order valence-corrected chi connectivity index (χ2v) is 6.49. The van der Waals surface area contributed by atoms with E-state index in [9.17, 15) is 4.21 Å². The Bertz CT molecular complexity index is 819. The molecule has 0 spiro atoms. The van der Waals surface area contributed by atoms with Crippen LogP contribution in [0, 0.1) is 0 Å². The molecule has 0 bridgehead atoms. The highest BCUT2D eigenvalue weighted by molar-refractivity contribution is 7.89. The number of halogens is 1. The van der Waals surface area contributed by atoms with E-state index in [1.807, 2.05) is 24.3 Å². The van der Waals surface area contributed by atoms with Crippen molar-refractivity contribution in [2.75, 3.05) is 5.01 Å². The third-order valence-electron chi connectivity index (χ3n) is 3.18. The molecule has 5 nitrogen and oxygen atoms in total. The van der Waals surface area contributed by atoms with Gasteiger partial charge in [-0.05, 0) is 24.3 Å². The van der Waals surface area contributed by atoms with Crippen LogP contribution in [-0.4, -0.2) is 10.4 Å². The number of hydrogen-bond donors (Lipinski definition) is 2. The summed E-state index contributed by atoms with van der Waals surface area (Å²) in [4.78, 5) is 4.73. The van der Waals surface area contributed by atoms with Crippen LogP contribution < -0.4 is 16.6 Å². The van der Waals surface area contributed by atoms with Gasteiger partial charge in [-0.15, -0.1) is 0 Å². The number of benzene rings is 2. The van der Waals surface area contributed by atoms with Crippen molar-refractivity contribution in [2.24, 2.45) is 16.6 Å². The molecule has 1 aliphatic rings. The summed E-state index contributed by atoms with van der Waals surface area (Å²) in [6.45, 7) is 0. The molecule has 2 aromatic carbocycles. The van der Waals surface area contributed by atoms with E-state index in [0.717, 1.165) is 11.3 Å². The Labute approximate surface area is 135 Å². The first-order chi connectivity index (χ1) is 10.6. The van der Waals surface area contributed by atoms with Crippen LogP contribution in [-0.2, 0) is 10.8 Å². The predicted molar refractivity (Wildman–Crippen MR) is 89.8 cm³/mol. The van der Waals surface area contributed by atoms with E-state index in [1.165, 1.54) is 5.01 Å². The number of hydrazine groups is 1. The van der Waals surface area contributed by atoms with E-state index >= 15 is 0 Å². The average Bonchev–Trinajstić information content (AvgIpc) is 2.54. The van der Waals surface area contributed by atoms with E-state index in [-0.39, 0.29) is 10.9 Å². The van der Waals surface area contributed by atoms with Gasteiger partial charge in [0.25, 0.3) is 0 Å². The highest BCUT2D eigenvalue weighted by Crippen LogP contribution is 2.27. The van der Waals surface area contributed by atoms with Gasteiger partial charge in [0.1, 0.15) is 15.8 Å². The Morgan fingerprint density at radius 3 is 2.73 bits per heavy atom. The Hall–Kier alpha value is -2.15. The quantitative estimate of drug-likeness (QED) is 0.827. The van der Waals surface area contributed by atoms with Crippen molar-refractivity contribution in [3.63, 3.8) is 0 Å². The zero-order valence-corrected chi connectivity index (χ0v) is 13.0. The normalized spacial score (nSPS) is 17.1. The molecule has 0 fully saturated rings. The van der Waals surface area contributed by atoms with Crippen LogP contribution in [0.15, 0.2) is 69.3 Å². The van der Waals surface area contributed by atoms with E-state index in [0.29, 0.717) is 9.92 Å². The molecule has 7 heteroatoms. The molecule has 1 heterocycles. The summed E-state index contributed by atoms with van der Waals surface area (Å²) in [6.07, 6.45) is 1.65. The van der Waals surface area contributed by atoms with Crippen LogP contribution in [0.4, 0.5) is 5.69 Å². The van der Waals surface area contributed by atoms with Crippen LogP contribution >= 0.6 is 11.6 Å². The molecule has 4 N–H and O–H groups in total. The lowest BCUT2D eigenvalue weighted by Gasteiger charge is -2.25. The monoisotopic (exact) mass is 332 g/mol. The SMILES string of the molecule is N/C(=C1/N=Cc2ccccc2N1N)S(=O)c1cccc(Cl)c1. The number of nitrogens with two attached hydrogens (primary N) is 2. The second kappa shape index (κ2) is 5.92. The zero-order chi connectivity index (χ0) is 15.7. The van der Waals surface area contributed by atoms with E-state index in [1.54, 1.807) is 30.5 Å². The van der Waals surface area contributed by atoms with Crippen molar-refractivity contribution in [3.8, 4) is 0 Å². The molecule has 0 aromatic heterocycles. The largest absolute Gasteiger partial charge is 0.388 e. The van der Waals surface area contributed by atoms with Crippen LogP contribution in [0.1, 0.15) is 5.56 Å². The van der Waals surface area contributed by atoms with Crippen molar-refractivity contribution in [1.29, 1.82) is 0 Å². The molecular formula is C15H13ClN4OS. The van der Waals surface area contributed by atoms with Crippen molar-refractivity contribution < 1.29 is 4.21 Å². The van der Waals surface area contributed by atoms with Gasteiger partial charge in [-0.1, -0.05) is 35.9 Å². The van der Waals surface area contributed by atoms with Gasteiger partial charge in [-0.2, -0.15) is 0 Å². The molecule has 0 amide bonds. The lowest BCUT2D eigenvalue weighted by Crippen LogP contribution is -2.35. The molecule has 0 saturated heterocycles. The van der Waals surface area contributed by atoms with Gasteiger partial charge in [0.05, 0.1) is 5.69 Å². The number of anilines is 1. The first-order valence-electron chi connectivity index (χ1n) is 6.43. The first-order valence-corrected chi connectivity index (χ1v) is 7.95. The average molecular weight is 333 g/mol. The molecule has 1 atom stereocenters. The maximum atomic E-state index is 12.6. The Morgan fingerprint density at radius 2 is 1.95 bits per heavy atom. The molecule has 22 heavy (non-hydrogen) atoms. The van der Waals surface area contributed by atoms with Crippen LogP contribution in [0.25, 0.3) is 0 Å². The summed E-state index contributed by atoms with van der Waals surface area (Å²) in [5.41, 5.74) is 7.64. The topological polar surface area (TPSA) is 84.7 Å². The molecule has 3 rings (SSSR count). The van der Waals surface area contributed by atoms with Gasteiger partial charge >= 0.3 is 0 Å². The number of aliphatic imine (C=N–C) groups is 1. The molecule has 1 unspecified atom stereocenters. The van der Waals surface area contributed by atoms with Crippen LogP contribution in [0.5, 0.6) is 0 Å². The molecule has 2 aromatic rings. The molecule has 0 aliphatic carbocycles. The second-order valence-electron chi connectivity index (χ2n) is 4.60. The number of hydrogen-bond acceptors (Lipinski definition) is 5. The fourth-order valence-corrected chi connectivity index (χ4v) is 3.36. The van der Waals surface area contributed by atoms with Gasteiger partial charge in [-0.25, -0.2) is 15.0 Å². The number of para-hydroxylation sites is 1. The van der Waals surface area contributed by atoms with E-state index < -0.39 is 10.8 Å². The van der Waals surface area contributed by atoms with Crippen LogP contribution in [0.3, 0.4) is 0 Å². The van der Waals surface area contributed by atoms with Crippen LogP contribution in [0.2, 0.25) is 5.02 Å². The Balaban J connectivity index is 2.02. The van der Waals surface area contributed by atoms with Gasteiger partial charge in [0.2, 0.25) is 0 Å². The van der Waals surface area contributed by atoms with Gasteiger partial charge < -0.3 is 5.73 Å². The third kappa shape index (κ3) is 2.64. The summed E-state index contributed by atoms with van der Waals surface area (Å²) in [6, 6.07) is 14.2. The smallest absolute Gasteiger partial charge is 0.180 e. The fourth-order valence-electron chi connectivity index (χ4n) is 2.10. The van der Waals surface area contributed by atoms with Crippen molar-refractivity contribution in [1.82, 2.24) is 0 Å². The number of nitrogens with zero attached hydrogens (tertiary/aromatic N) is 2. The maximum absolute atomic E-state index is 12.6. The van der Waals surface area contributed by atoms with Gasteiger partial charge in [0.15, 0.2) is 5.82 Å². The lowest BCUT2D eigenvalue weighted by molar-refractivity contribution is 0.685. The maximum Gasteiger partial charge on any atom is 0.180 e.